The summed E-state index contributed by atoms with van der Waals surface area (Å²) in [6, 6.07) is 1.14. The maximum Gasteiger partial charge on any atom is 0.389 e. The topological polar surface area (TPSA) is 107 Å². The summed E-state index contributed by atoms with van der Waals surface area (Å²) in [6.07, 6.45) is 1.24. The van der Waals surface area contributed by atoms with Gasteiger partial charge in [-0.3, -0.25) is 0 Å². The van der Waals surface area contributed by atoms with E-state index in [0.29, 0.717) is 0 Å². The molecule has 8 nitrogen and oxygen atoms in total. The number of methoxy groups -OCH3 is 1. The van der Waals surface area contributed by atoms with Crippen molar-refractivity contribution >= 4 is 11.8 Å². The third-order valence-electron chi connectivity index (χ3n) is 2.15. The number of aromatic nitrogens is 2. The minimum absolute atomic E-state index is 0.138. The molecule has 0 spiro atoms. The van der Waals surface area contributed by atoms with E-state index in [1.807, 2.05) is 0 Å². The van der Waals surface area contributed by atoms with Crippen LogP contribution in [0.1, 0.15) is 6.92 Å². The molecule has 0 aliphatic rings. The number of hydrogen-bond acceptors (Lipinski definition) is 5. The minimum atomic E-state index is -1.46. The molecule has 88 valence electrons. The number of nitrogens with zero attached hydrogens (tertiary/aromatic N) is 3. The van der Waals surface area contributed by atoms with Crippen molar-refractivity contribution in [1.29, 1.82) is 0 Å². The van der Waals surface area contributed by atoms with Crippen molar-refractivity contribution in [2.75, 3.05) is 13.7 Å². The number of carboxylic acids is 1. The molecule has 0 radical (unpaired) electrons. The van der Waals surface area contributed by atoms with E-state index in [2.05, 4.69) is 5.10 Å². The molecule has 0 saturated carbocycles. The van der Waals surface area contributed by atoms with Gasteiger partial charge in [0.1, 0.15) is 0 Å². The van der Waals surface area contributed by atoms with Gasteiger partial charge in [-0.05, 0) is 11.8 Å². The highest BCUT2D eigenvalue weighted by Crippen LogP contribution is 2.18. The SMILES string of the molecule is COCC(C)(C(=O)O)n1ccc([N+](=O)[O-])n1. The van der Waals surface area contributed by atoms with Gasteiger partial charge in [-0.15, -0.1) is 0 Å². The quantitative estimate of drug-likeness (QED) is 0.572. The van der Waals surface area contributed by atoms with Gasteiger partial charge >= 0.3 is 11.8 Å². The molecule has 0 aliphatic heterocycles. The Morgan fingerprint density at radius 3 is 2.81 bits per heavy atom. The summed E-state index contributed by atoms with van der Waals surface area (Å²) in [6.45, 7) is 1.23. The van der Waals surface area contributed by atoms with Crippen LogP contribution in [0.15, 0.2) is 12.3 Å². The third-order valence-corrected chi connectivity index (χ3v) is 2.15. The molecule has 8 heteroatoms. The van der Waals surface area contributed by atoms with Gasteiger partial charge in [0.15, 0.2) is 0 Å². The summed E-state index contributed by atoms with van der Waals surface area (Å²) >= 11 is 0. The van der Waals surface area contributed by atoms with Crippen LogP contribution in [0.5, 0.6) is 0 Å². The van der Waals surface area contributed by atoms with Crippen LogP contribution in [-0.2, 0) is 15.1 Å². The second kappa shape index (κ2) is 4.27. The van der Waals surface area contributed by atoms with Crippen LogP contribution in [0.25, 0.3) is 0 Å². The molecule has 0 aromatic carbocycles. The monoisotopic (exact) mass is 229 g/mol. The number of hydrogen-bond donors (Lipinski definition) is 1. The summed E-state index contributed by atoms with van der Waals surface area (Å²) in [7, 11) is 1.35. The van der Waals surface area contributed by atoms with Gasteiger partial charge in [0.05, 0.1) is 24.0 Å². The molecule has 1 aromatic heterocycles. The smallest absolute Gasteiger partial charge is 0.389 e. The standard InChI is InChI=1S/C8H11N3O5/c1-8(5-16-2,7(12)13)10-4-3-6(9-10)11(14)15/h3-4H,5H2,1-2H3,(H,12,13). The first kappa shape index (κ1) is 12.1. The Hall–Kier alpha value is -1.96. The highest BCUT2D eigenvalue weighted by atomic mass is 16.6. The first-order chi connectivity index (χ1) is 7.41. The normalized spacial score (nSPS) is 14.4. The molecule has 0 bridgehead atoms. The van der Waals surface area contributed by atoms with Gasteiger partial charge in [-0.1, -0.05) is 0 Å². The molecular weight excluding hydrogens is 218 g/mol. The molecule has 0 aliphatic carbocycles. The summed E-state index contributed by atoms with van der Waals surface area (Å²) in [5.74, 6) is -1.57. The lowest BCUT2D eigenvalue weighted by atomic mass is 10.1. The van der Waals surface area contributed by atoms with Crippen LogP contribution in [-0.4, -0.2) is 39.5 Å². The zero-order valence-electron chi connectivity index (χ0n) is 8.78. The highest BCUT2D eigenvalue weighted by molar-refractivity contribution is 5.76. The minimum Gasteiger partial charge on any atom is -0.479 e. The number of rotatable bonds is 5. The zero-order valence-corrected chi connectivity index (χ0v) is 8.78. The van der Waals surface area contributed by atoms with E-state index in [9.17, 15) is 14.9 Å². The van der Waals surface area contributed by atoms with Crippen LogP contribution in [0.3, 0.4) is 0 Å². The molecule has 1 unspecified atom stereocenters. The van der Waals surface area contributed by atoms with Crippen LogP contribution in [0.2, 0.25) is 0 Å². The lowest BCUT2D eigenvalue weighted by molar-refractivity contribution is -0.389. The fourth-order valence-corrected chi connectivity index (χ4v) is 1.19. The average Bonchev–Trinajstić information content (AvgIpc) is 2.66. The summed E-state index contributed by atoms with van der Waals surface area (Å²) in [5.41, 5.74) is -1.46. The van der Waals surface area contributed by atoms with Crippen LogP contribution < -0.4 is 0 Å². The van der Waals surface area contributed by atoms with Crippen molar-refractivity contribution in [2.45, 2.75) is 12.5 Å². The lowest BCUT2D eigenvalue weighted by Crippen LogP contribution is -2.43. The maximum absolute atomic E-state index is 11.1. The Labute approximate surface area is 90.6 Å². The van der Waals surface area contributed by atoms with Crippen molar-refractivity contribution < 1.29 is 19.6 Å². The molecular formula is C8H11N3O5. The zero-order chi connectivity index (χ0) is 12.3. The maximum atomic E-state index is 11.1. The van der Waals surface area contributed by atoms with E-state index in [0.717, 1.165) is 10.7 Å². The van der Waals surface area contributed by atoms with E-state index in [-0.39, 0.29) is 6.61 Å². The fraction of sp³-hybridized carbons (Fsp3) is 0.500. The largest absolute Gasteiger partial charge is 0.479 e. The Balaban J connectivity index is 3.11. The molecule has 0 fully saturated rings. The van der Waals surface area contributed by atoms with Crippen molar-refractivity contribution in [3.63, 3.8) is 0 Å². The van der Waals surface area contributed by atoms with Gasteiger partial charge in [0.2, 0.25) is 5.54 Å². The van der Waals surface area contributed by atoms with Crippen LogP contribution >= 0.6 is 0 Å². The highest BCUT2D eigenvalue weighted by Gasteiger charge is 2.39. The van der Waals surface area contributed by atoms with E-state index >= 15 is 0 Å². The van der Waals surface area contributed by atoms with E-state index in [1.165, 1.54) is 20.2 Å². The Bertz CT molecular complexity index is 416. The number of aliphatic carboxylic acids is 1. The van der Waals surface area contributed by atoms with Gasteiger partial charge in [0.25, 0.3) is 0 Å². The predicted molar refractivity (Wildman–Crippen MR) is 52.0 cm³/mol. The van der Waals surface area contributed by atoms with E-state index in [1.54, 1.807) is 0 Å². The van der Waals surface area contributed by atoms with Gasteiger partial charge < -0.3 is 20.0 Å². The first-order valence-corrected chi connectivity index (χ1v) is 4.34. The van der Waals surface area contributed by atoms with Gasteiger partial charge in [0, 0.05) is 7.11 Å². The predicted octanol–water partition coefficient (Wildman–Crippen LogP) is 0.237. The number of nitro groups is 1. The Morgan fingerprint density at radius 1 is 1.81 bits per heavy atom. The fourth-order valence-electron chi connectivity index (χ4n) is 1.19. The summed E-state index contributed by atoms with van der Waals surface area (Å²) in [4.78, 5) is 20.8. The molecule has 16 heavy (non-hydrogen) atoms. The van der Waals surface area contributed by atoms with Crippen LogP contribution in [0.4, 0.5) is 5.82 Å². The molecule has 0 amide bonds. The van der Waals surface area contributed by atoms with Crippen molar-refractivity contribution in [1.82, 2.24) is 9.78 Å². The molecule has 0 saturated heterocycles. The van der Waals surface area contributed by atoms with Crippen molar-refractivity contribution in [3.05, 3.63) is 22.4 Å². The second-order valence-electron chi connectivity index (χ2n) is 3.39. The van der Waals surface area contributed by atoms with E-state index < -0.39 is 22.2 Å². The van der Waals surface area contributed by atoms with Crippen molar-refractivity contribution in [2.24, 2.45) is 0 Å². The average molecular weight is 229 g/mol. The second-order valence-corrected chi connectivity index (χ2v) is 3.39. The Kier molecular flexibility index (Phi) is 3.23. The molecule has 1 heterocycles. The summed E-state index contributed by atoms with van der Waals surface area (Å²) in [5, 5.41) is 23.1. The third kappa shape index (κ3) is 2.01. The number of carbonyl (C=O) groups is 1. The van der Waals surface area contributed by atoms with Crippen molar-refractivity contribution in [3.8, 4) is 0 Å². The molecule has 1 rings (SSSR count). The number of ether oxygens (including phenoxy) is 1. The lowest BCUT2D eigenvalue weighted by Gasteiger charge is -2.20. The van der Waals surface area contributed by atoms with Crippen LogP contribution in [0, 0.1) is 10.1 Å². The van der Waals surface area contributed by atoms with Gasteiger partial charge in [-0.2, -0.15) is 4.68 Å². The van der Waals surface area contributed by atoms with Gasteiger partial charge in [-0.25, -0.2) is 4.79 Å². The Morgan fingerprint density at radius 2 is 2.44 bits per heavy atom. The molecule has 1 atom stereocenters. The molecule has 1 N–H and O–H groups in total. The molecule has 1 aromatic rings. The number of carboxylic acid groups (broad SMARTS) is 1. The first-order valence-electron chi connectivity index (χ1n) is 4.34. The summed E-state index contributed by atoms with van der Waals surface area (Å²) < 4.78 is 5.79. The van der Waals surface area contributed by atoms with E-state index in [4.69, 9.17) is 9.84 Å².